The zero-order chi connectivity index (χ0) is 22.1. The number of aromatic nitrogens is 7. The molecule has 1 aliphatic heterocycles. The molecule has 0 radical (unpaired) electrons. The van der Waals surface area contributed by atoms with Crippen molar-refractivity contribution in [1.82, 2.24) is 39.8 Å². The lowest BCUT2D eigenvalue weighted by molar-refractivity contribution is -0.131. The highest BCUT2D eigenvalue weighted by molar-refractivity contribution is 5.87. The number of piperazine rings is 1. The number of fused-ring (bicyclic) bond motifs is 1. The van der Waals surface area contributed by atoms with Crippen LogP contribution in [0.5, 0.6) is 0 Å². The second-order valence-corrected chi connectivity index (χ2v) is 7.72. The van der Waals surface area contributed by atoms with Crippen LogP contribution in [0.2, 0.25) is 0 Å². The Labute approximate surface area is 184 Å². The summed E-state index contributed by atoms with van der Waals surface area (Å²) < 4.78 is 7.05. The van der Waals surface area contributed by atoms with E-state index in [0.29, 0.717) is 56.6 Å². The van der Waals surface area contributed by atoms with Gasteiger partial charge in [0, 0.05) is 64.0 Å². The zero-order valence-corrected chi connectivity index (χ0v) is 18.0. The van der Waals surface area contributed by atoms with E-state index >= 15 is 0 Å². The van der Waals surface area contributed by atoms with Crippen LogP contribution in [0.1, 0.15) is 18.1 Å². The lowest BCUT2D eigenvalue weighted by Gasteiger charge is -2.35. The Morgan fingerprint density at radius 2 is 1.97 bits per heavy atom. The van der Waals surface area contributed by atoms with Crippen LogP contribution in [0, 0.1) is 6.92 Å². The highest BCUT2D eigenvalue weighted by Gasteiger charge is 2.24. The Morgan fingerprint density at radius 1 is 1.12 bits per heavy atom. The molecule has 32 heavy (non-hydrogen) atoms. The van der Waals surface area contributed by atoms with Crippen LogP contribution in [0.15, 0.2) is 35.2 Å². The summed E-state index contributed by atoms with van der Waals surface area (Å²) in [6, 6.07) is 3.68. The molecule has 4 aromatic heterocycles. The summed E-state index contributed by atoms with van der Waals surface area (Å²) in [6.07, 6.45) is 5.90. The topological polar surface area (TPSA) is 119 Å². The number of pyridine rings is 1. The fraction of sp³-hybridized carbons (Fsp3) is 0.381. The van der Waals surface area contributed by atoms with Gasteiger partial charge in [0.2, 0.25) is 17.6 Å². The molecule has 1 fully saturated rings. The van der Waals surface area contributed by atoms with Crippen molar-refractivity contribution in [2.24, 2.45) is 7.05 Å². The largest absolute Gasteiger partial charge is 0.352 e. The van der Waals surface area contributed by atoms with Gasteiger partial charge in [0.1, 0.15) is 11.6 Å². The molecular weight excluding hydrogens is 410 g/mol. The lowest BCUT2D eigenvalue weighted by Crippen LogP contribution is -2.49. The maximum atomic E-state index is 12.7. The number of carbonyl (C=O) groups excluding carboxylic acids is 1. The fourth-order valence-corrected chi connectivity index (χ4v) is 3.86. The van der Waals surface area contributed by atoms with Gasteiger partial charge in [0.15, 0.2) is 5.65 Å². The normalized spacial score (nSPS) is 14.3. The predicted octanol–water partition coefficient (Wildman–Crippen LogP) is 1.40. The van der Waals surface area contributed by atoms with Crippen LogP contribution in [-0.4, -0.2) is 71.9 Å². The summed E-state index contributed by atoms with van der Waals surface area (Å²) in [4.78, 5) is 34.4. The van der Waals surface area contributed by atoms with E-state index in [1.165, 1.54) is 0 Å². The Morgan fingerprint density at radius 3 is 2.75 bits per heavy atom. The van der Waals surface area contributed by atoms with Crippen LogP contribution in [0.4, 0.5) is 5.82 Å². The molecule has 0 unspecified atom stereocenters. The van der Waals surface area contributed by atoms with Gasteiger partial charge < -0.3 is 14.3 Å². The van der Waals surface area contributed by atoms with Crippen molar-refractivity contribution < 1.29 is 9.32 Å². The third-order valence-electron chi connectivity index (χ3n) is 5.56. The van der Waals surface area contributed by atoms with Crippen molar-refractivity contribution >= 4 is 22.8 Å². The van der Waals surface area contributed by atoms with Crippen LogP contribution < -0.4 is 4.90 Å². The van der Waals surface area contributed by atoms with Crippen LogP contribution in [0.3, 0.4) is 0 Å². The average molecular weight is 433 g/mol. The molecule has 5 heterocycles. The van der Waals surface area contributed by atoms with Crippen LogP contribution in [-0.2, 0) is 18.3 Å². The fourth-order valence-electron chi connectivity index (χ4n) is 3.86. The van der Waals surface area contributed by atoms with Gasteiger partial charge in [-0.15, -0.1) is 0 Å². The first-order chi connectivity index (χ1) is 15.6. The molecule has 1 saturated heterocycles. The van der Waals surface area contributed by atoms with Crippen molar-refractivity contribution in [2.45, 2.75) is 19.8 Å². The lowest BCUT2D eigenvalue weighted by atomic mass is 10.2. The highest BCUT2D eigenvalue weighted by Crippen LogP contribution is 2.24. The van der Waals surface area contributed by atoms with E-state index in [9.17, 15) is 4.79 Å². The summed E-state index contributed by atoms with van der Waals surface area (Å²) in [5.41, 5.74) is 1.60. The van der Waals surface area contributed by atoms with Gasteiger partial charge in [-0.05, 0) is 19.1 Å². The van der Waals surface area contributed by atoms with E-state index < -0.39 is 0 Å². The first-order valence-electron chi connectivity index (χ1n) is 10.5. The maximum absolute atomic E-state index is 12.7. The summed E-state index contributed by atoms with van der Waals surface area (Å²) in [5, 5.41) is 9.22. The second kappa shape index (κ2) is 8.33. The summed E-state index contributed by atoms with van der Waals surface area (Å²) >= 11 is 0. The number of hydrogen-bond acceptors (Lipinski definition) is 9. The number of hydrogen-bond donors (Lipinski definition) is 0. The van der Waals surface area contributed by atoms with Gasteiger partial charge in [-0.2, -0.15) is 10.1 Å². The van der Waals surface area contributed by atoms with Crippen molar-refractivity contribution in [3.8, 4) is 11.4 Å². The minimum atomic E-state index is 0.0798. The molecule has 11 heteroatoms. The number of nitrogens with zero attached hydrogens (tertiary/aromatic N) is 9. The first kappa shape index (κ1) is 20.0. The molecule has 0 bridgehead atoms. The van der Waals surface area contributed by atoms with E-state index in [1.54, 1.807) is 23.3 Å². The van der Waals surface area contributed by atoms with Gasteiger partial charge in [-0.3, -0.25) is 14.5 Å². The Hall–Kier alpha value is -3.89. The molecule has 0 aliphatic carbocycles. The van der Waals surface area contributed by atoms with Crippen molar-refractivity contribution in [2.75, 3.05) is 31.1 Å². The predicted molar refractivity (Wildman–Crippen MR) is 116 cm³/mol. The van der Waals surface area contributed by atoms with Gasteiger partial charge in [0.05, 0.1) is 11.6 Å². The third kappa shape index (κ3) is 3.88. The molecule has 0 spiro atoms. The Bertz CT molecular complexity index is 1240. The molecule has 0 aromatic carbocycles. The Kier molecular flexibility index (Phi) is 5.21. The van der Waals surface area contributed by atoms with Crippen LogP contribution >= 0.6 is 0 Å². The minimum Gasteiger partial charge on any atom is -0.352 e. The van der Waals surface area contributed by atoms with Gasteiger partial charge in [-0.1, -0.05) is 5.16 Å². The zero-order valence-electron chi connectivity index (χ0n) is 18.0. The van der Waals surface area contributed by atoms with E-state index in [0.717, 1.165) is 22.4 Å². The molecule has 164 valence electrons. The summed E-state index contributed by atoms with van der Waals surface area (Å²) in [5.74, 6) is 2.60. The molecule has 0 atom stereocenters. The molecule has 5 rings (SSSR count). The molecule has 0 saturated carbocycles. The molecular formula is C21H23N9O2. The van der Waals surface area contributed by atoms with Gasteiger partial charge in [0.25, 0.3) is 0 Å². The molecule has 4 aromatic rings. The average Bonchev–Trinajstić information content (AvgIpc) is 3.45. The minimum absolute atomic E-state index is 0.0798. The van der Waals surface area contributed by atoms with E-state index in [4.69, 9.17) is 4.52 Å². The maximum Gasteiger partial charge on any atom is 0.227 e. The monoisotopic (exact) mass is 433 g/mol. The molecule has 1 aliphatic rings. The number of carbonyl (C=O) groups is 1. The van der Waals surface area contributed by atoms with E-state index in [2.05, 4.69) is 35.1 Å². The number of anilines is 1. The van der Waals surface area contributed by atoms with Crippen LogP contribution in [0.25, 0.3) is 22.4 Å². The standard InChI is InChI=1S/C21H23N9O2/c1-14-24-20-16(13-23-28(20)2)21(25-14)30-10-8-29(9-11-30)18(31)6-5-17-26-19(27-32-17)15-4-3-7-22-12-15/h3-4,7,12-13H,5-6,8-11H2,1-2H3. The molecule has 1 amide bonds. The van der Waals surface area contributed by atoms with E-state index in [1.807, 2.05) is 31.0 Å². The summed E-state index contributed by atoms with van der Waals surface area (Å²) in [7, 11) is 1.87. The van der Waals surface area contributed by atoms with Crippen molar-refractivity contribution in [3.63, 3.8) is 0 Å². The molecule has 11 nitrogen and oxygen atoms in total. The quantitative estimate of drug-likeness (QED) is 0.460. The first-order valence-corrected chi connectivity index (χ1v) is 10.5. The SMILES string of the molecule is Cc1nc(N2CCN(C(=O)CCc3nc(-c4cccnc4)no3)CC2)c2cnn(C)c2n1. The number of aryl methyl sites for hydroxylation is 3. The smallest absolute Gasteiger partial charge is 0.227 e. The van der Waals surface area contributed by atoms with E-state index in [-0.39, 0.29) is 5.91 Å². The third-order valence-corrected chi connectivity index (χ3v) is 5.56. The Balaban J connectivity index is 1.18. The molecule has 0 N–H and O–H groups in total. The van der Waals surface area contributed by atoms with Crippen molar-refractivity contribution in [1.29, 1.82) is 0 Å². The number of amides is 1. The van der Waals surface area contributed by atoms with Crippen molar-refractivity contribution in [3.05, 3.63) is 42.4 Å². The highest BCUT2D eigenvalue weighted by atomic mass is 16.5. The number of rotatable bonds is 5. The summed E-state index contributed by atoms with van der Waals surface area (Å²) in [6.45, 7) is 4.56. The van der Waals surface area contributed by atoms with Gasteiger partial charge in [-0.25, -0.2) is 9.97 Å². The van der Waals surface area contributed by atoms with Gasteiger partial charge >= 0.3 is 0 Å². The second-order valence-electron chi connectivity index (χ2n) is 7.72.